The van der Waals surface area contributed by atoms with Crippen molar-refractivity contribution in [2.24, 2.45) is 0 Å². The van der Waals surface area contributed by atoms with Crippen molar-refractivity contribution in [3.8, 4) is 0 Å². The van der Waals surface area contributed by atoms with Gasteiger partial charge in [0.25, 0.3) is 0 Å². The molecule has 2 aromatic rings. The van der Waals surface area contributed by atoms with Gasteiger partial charge in [-0.2, -0.15) is 0 Å². The maximum absolute atomic E-state index is 3.58. The average molecular weight is 237 g/mol. The molecule has 1 atom stereocenters. The van der Waals surface area contributed by atoms with Crippen molar-refractivity contribution in [1.82, 2.24) is 0 Å². The Hall–Kier alpha value is -2.02. The fourth-order valence-electron chi connectivity index (χ4n) is 1.97. The van der Waals surface area contributed by atoms with Crippen LogP contribution in [0, 0.1) is 0 Å². The number of hydrogen-bond donors (Lipinski definition) is 1. The molecule has 1 nitrogen and oxygen atoms in total. The Morgan fingerprint density at radius 2 is 1.50 bits per heavy atom. The van der Waals surface area contributed by atoms with Gasteiger partial charge in [0.15, 0.2) is 0 Å². The Labute approximate surface area is 109 Å². The summed E-state index contributed by atoms with van der Waals surface area (Å²) < 4.78 is 0. The van der Waals surface area contributed by atoms with Crippen LogP contribution >= 0.6 is 0 Å². The largest absolute Gasteiger partial charge is 0.374 e. The first-order valence-electron chi connectivity index (χ1n) is 6.30. The molecule has 0 aliphatic rings. The summed E-state index contributed by atoms with van der Waals surface area (Å²) in [5, 5.41) is 3.58. The predicted octanol–water partition coefficient (Wildman–Crippen LogP) is 4.81. The van der Waals surface area contributed by atoms with E-state index in [4.69, 9.17) is 0 Å². The summed E-state index contributed by atoms with van der Waals surface area (Å²) in [6, 6.07) is 21.1. The number of anilines is 1. The lowest BCUT2D eigenvalue weighted by Crippen LogP contribution is -2.11. The molecule has 0 heterocycles. The van der Waals surface area contributed by atoms with E-state index in [1.54, 1.807) is 0 Å². The van der Waals surface area contributed by atoms with Crippen molar-refractivity contribution in [2.45, 2.75) is 19.9 Å². The van der Waals surface area contributed by atoms with Crippen molar-refractivity contribution in [1.29, 1.82) is 0 Å². The van der Waals surface area contributed by atoms with Crippen molar-refractivity contribution in [2.75, 3.05) is 5.32 Å². The molecule has 1 heteroatoms. The van der Waals surface area contributed by atoms with E-state index in [1.807, 2.05) is 12.1 Å². The smallest absolute Gasteiger partial charge is 0.0724 e. The minimum atomic E-state index is 0.235. The first kappa shape index (κ1) is 12.4. The first-order valence-corrected chi connectivity index (χ1v) is 6.30. The number of benzene rings is 2. The van der Waals surface area contributed by atoms with Gasteiger partial charge in [-0.15, -0.1) is 0 Å². The number of nitrogens with one attached hydrogen (secondary N) is 1. The molecule has 18 heavy (non-hydrogen) atoms. The van der Waals surface area contributed by atoms with Gasteiger partial charge in [-0.1, -0.05) is 60.2 Å². The molecule has 0 saturated carbocycles. The third-order valence-electron chi connectivity index (χ3n) is 3.13. The summed E-state index contributed by atoms with van der Waals surface area (Å²) in [4.78, 5) is 0. The third-order valence-corrected chi connectivity index (χ3v) is 3.13. The summed E-state index contributed by atoms with van der Waals surface area (Å²) in [5.41, 5.74) is 3.76. The zero-order valence-corrected chi connectivity index (χ0v) is 10.9. The highest BCUT2D eigenvalue weighted by atomic mass is 14.9. The Morgan fingerprint density at radius 1 is 0.944 bits per heavy atom. The van der Waals surface area contributed by atoms with Gasteiger partial charge < -0.3 is 5.32 Å². The molecule has 92 valence electrons. The number of hydrogen-bond acceptors (Lipinski definition) is 1. The Morgan fingerprint density at radius 3 is 2.06 bits per heavy atom. The summed E-state index contributed by atoms with van der Waals surface area (Å²) >= 11 is 0. The molecule has 0 fully saturated rings. The third kappa shape index (κ3) is 3.01. The van der Waals surface area contributed by atoms with E-state index in [0.717, 1.165) is 5.69 Å². The van der Waals surface area contributed by atoms with Crippen molar-refractivity contribution in [3.63, 3.8) is 0 Å². The van der Waals surface area contributed by atoms with E-state index < -0.39 is 0 Å². The topological polar surface area (TPSA) is 12.0 Å². The molecule has 2 aromatic carbocycles. The van der Waals surface area contributed by atoms with Crippen LogP contribution in [0.15, 0.2) is 72.3 Å². The highest BCUT2D eigenvalue weighted by Crippen LogP contribution is 2.25. The van der Waals surface area contributed by atoms with Crippen LogP contribution in [0.2, 0.25) is 0 Å². The van der Waals surface area contributed by atoms with E-state index >= 15 is 0 Å². The lowest BCUT2D eigenvalue weighted by atomic mass is 9.99. The maximum atomic E-state index is 3.58. The van der Waals surface area contributed by atoms with E-state index in [9.17, 15) is 0 Å². The van der Waals surface area contributed by atoms with Gasteiger partial charge >= 0.3 is 0 Å². The average Bonchev–Trinajstić information content (AvgIpc) is 2.46. The van der Waals surface area contributed by atoms with Crippen LogP contribution in [-0.4, -0.2) is 0 Å². The van der Waals surface area contributed by atoms with E-state index in [1.165, 1.54) is 11.1 Å². The highest BCUT2D eigenvalue weighted by Gasteiger charge is 2.11. The van der Waals surface area contributed by atoms with Crippen LogP contribution in [-0.2, 0) is 0 Å². The zero-order valence-electron chi connectivity index (χ0n) is 10.9. The normalized spacial score (nSPS) is 13.1. The Kier molecular flexibility index (Phi) is 4.19. The molecular weight excluding hydrogens is 218 g/mol. The first-order chi connectivity index (χ1) is 8.81. The molecule has 0 aliphatic carbocycles. The monoisotopic (exact) mass is 237 g/mol. The molecule has 0 amide bonds. The standard InChI is InChI=1S/C17H19N/c1-3-14(2)17(15-10-6-4-7-11-15)18-16-12-8-5-9-13-16/h3-13,17-18H,1-2H3/b14-3-. The van der Waals surface area contributed by atoms with Crippen LogP contribution < -0.4 is 5.32 Å². The predicted molar refractivity (Wildman–Crippen MR) is 78.7 cm³/mol. The summed E-state index contributed by atoms with van der Waals surface area (Å²) in [5.74, 6) is 0. The van der Waals surface area contributed by atoms with Crippen molar-refractivity contribution in [3.05, 3.63) is 77.9 Å². The summed E-state index contributed by atoms with van der Waals surface area (Å²) in [6.07, 6.45) is 2.16. The second-order valence-electron chi connectivity index (χ2n) is 4.39. The molecule has 2 rings (SSSR count). The Bertz CT molecular complexity index is 500. The van der Waals surface area contributed by atoms with Crippen LogP contribution in [0.25, 0.3) is 0 Å². The molecule has 1 N–H and O–H groups in total. The summed E-state index contributed by atoms with van der Waals surface area (Å²) in [6.45, 7) is 4.24. The molecule has 0 aromatic heterocycles. The highest BCUT2D eigenvalue weighted by molar-refractivity contribution is 5.47. The fraction of sp³-hybridized carbons (Fsp3) is 0.176. The van der Waals surface area contributed by atoms with Gasteiger partial charge in [0.1, 0.15) is 0 Å². The molecule has 0 spiro atoms. The zero-order chi connectivity index (χ0) is 12.8. The van der Waals surface area contributed by atoms with Gasteiger partial charge in [0.2, 0.25) is 0 Å². The number of rotatable bonds is 4. The number of para-hydroxylation sites is 1. The fourth-order valence-corrected chi connectivity index (χ4v) is 1.97. The second kappa shape index (κ2) is 6.06. The van der Waals surface area contributed by atoms with Gasteiger partial charge in [-0.05, 0) is 31.5 Å². The van der Waals surface area contributed by atoms with Gasteiger partial charge in [-0.3, -0.25) is 0 Å². The van der Waals surface area contributed by atoms with Gasteiger partial charge in [0, 0.05) is 5.69 Å². The lowest BCUT2D eigenvalue weighted by molar-refractivity contribution is 0.907. The van der Waals surface area contributed by atoms with Crippen molar-refractivity contribution < 1.29 is 0 Å². The van der Waals surface area contributed by atoms with Crippen molar-refractivity contribution >= 4 is 5.69 Å². The maximum Gasteiger partial charge on any atom is 0.0724 e. The van der Waals surface area contributed by atoms with E-state index in [-0.39, 0.29) is 6.04 Å². The Balaban J connectivity index is 2.27. The summed E-state index contributed by atoms with van der Waals surface area (Å²) in [7, 11) is 0. The molecule has 0 radical (unpaired) electrons. The minimum absolute atomic E-state index is 0.235. The SMILES string of the molecule is C/C=C(/C)C(Nc1ccccc1)c1ccccc1. The quantitative estimate of drug-likeness (QED) is 0.753. The molecule has 0 bridgehead atoms. The van der Waals surface area contributed by atoms with Crippen LogP contribution in [0.3, 0.4) is 0 Å². The van der Waals surface area contributed by atoms with Gasteiger partial charge in [-0.25, -0.2) is 0 Å². The molecule has 1 unspecified atom stereocenters. The van der Waals surface area contributed by atoms with Crippen LogP contribution in [0.1, 0.15) is 25.5 Å². The minimum Gasteiger partial charge on any atom is -0.374 e. The number of allylic oxidation sites excluding steroid dienone is 1. The second-order valence-corrected chi connectivity index (χ2v) is 4.39. The van der Waals surface area contributed by atoms with Gasteiger partial charge in [0.05, 0.1) is 6.04 Å². The molecule has 0 saturated heterocycles. The van der Waals surface area contributed by atoms with Crippen LogP contribution in [0.5, 0.6) is 0 Å². The molecule has 0 aliphatic heterocycles. The lowest BCUT2D eigenvalue weighted by Gasteiger charge is -2.21. The molecular formula is C17H19N. The van der Waals surface area contributed by atoms with E-state index in [0.29, 0.717) is 0 Å². The van der Waals surface area contributed by atoms with E-state index in [2.05, 4.69) is 73.8 Å². The van der Waals surface area contributed by atoms with Crippen LogP contribution in [0.4, 0.5) is 5.69 Å².